The predicted molar refractivity (Wildman–Crippen MR) is 117 cm³/mol. The fourth-order valence-electron chi connectivity index (χ4n) is 3.30. The zero-order valence-electron chi connectivity index (χ0n) is 17.3. The number of carbonyl (C=O) groups excluding carboxylic acids is 2. The molecule has 0 bridgehead atoms. The van der Waals surface area contributed by atoms with Crippen LogP contribution in [0.3, 0.4) is 0 Å². The van der Waals surface area contributed by atoms with Gasteiger partial charge in [0.25, 0.3) is 5.91 Å². The lowest BCUT2D eigenvalue weighted by Crippen LogP contribution is -2.13. The number of nitriles is 1. The van der Waals surface area contributed by atoms with Crippen molar-refractivity contribution in [1.29, 1.82) is 5.26 Å². The summed E-state index contributed by atoms with van der Waals surface area (Å²) < 4.78 is 6.77. The molecule has 0 aliphatic rings. The van der Waals surface area contributed by atoms with Gasteiger partial charge in [-0.25, -0.2) is 4.79 Å². The Morgan fingerprint density at radius 3 is 2.45 bits per heavy atom. The number of anilines is 1. The highest BCUT2D eigenvalue weighted by atomic mass is 16.5. The molecular formula is C24H21N3O4. The molecular weight excluding hydrogens is 394 g/mol. The van der Waals surface area contributed by atoms with Crippen molar-refractivity contribution in [2.24, 2.45) is 0 Å². The number of amides is 1. The van der Waals surface area contributed by atoms with Crippen molar-refractivity contribution in [3.8, 4) is 17.5 Å². The number of hydrogen-bond donors (Lipinski definition) is 2. The molecule has 2 N–H and O–H groups in total. The number of aryl methyl sites for hydroxylation is 1. The van der Waals surface area contributed by atoms with Crippen molar-refractivity contribution in [2.75, 3.05) is 12.4 Å². The molecule has 0 radical (unpaired) electrons. The molecule has 156 valence electrons. The van der Waals surface area contributed by atoms with E-state index in [0.29, 0.717) is 22.5 Å². The number of hydrogen-bond acceptors (Lipinski definition) is 5. The number of benzene rings is 2. The van der Waals surface area contributed by atoms with Gasteiger partial charge in [-0.05, 0) is 68.0 Å². The molecule has 1 amide bonds. The van der Waals surface area contributed by atoms with E-state index in [9.17, 15) is 20.0 Å². The number of esters is 1. The van der Waals surface area contributed by atoms with Gasteiger partial charge < -0.3 is 19.7 Å². The van der Waals surface area contributed by atoms with E-state index in [1.165, 1.54) is 37.5 Å². The maximum Gasteiger partial charge on any atom is 0.339 e. The lowest BCUT2D eigenvalue weighted by Gasteiger charge is -2.13. The number of phenolic OH excluding ortho intramolecular Hbond substituents is 1. The Bertz CT molecular complexity index is 1210. The van der Waals surface area contributed by atoms with Gasteiger partial charge in [0.15, 0.2) is 0 Å². The van der Waals surface area contributed by atoms with Crippen molar-refractivity contribution in [1.82, 2.24) is 4.57 Å². The molecule has 7 heteroatoms. The first-order valence-corrected chi connectivity index (χ1v) is 9.44. The van der Waals surface area contributed by atoms with Gasteiger partial charge in [-0.2, -0.15) is 5.26 Å². The largest absolute Gasteiger partial charge is 0.508 e. The second-order valence-corrected chi connectivity index (χ2v) is 6.84. The third-order valence-electron chi connectivity index (χ3n) is 4.81. The van der Waals surface area contributed by atoms with E-state index < -0.39 is 11.9 Å². The first-order chi connectivity index (χ1) is 14.8. The number of nitrogens with one attached hydrogen (secondary N) is 1. The monoisotopic (exact) mass is 415 g/mol. The van der Waals surface area contributed by atoms with Gasteiger partial charge in [0.2, 0.25) is 0 Å². The van der Waals surface area contributed by atoms with E-state index in [0.717, 1.165) is 11.4 Å². The summed E-state index contributed by atoms with van der Waals surface area (Å²) in [4.78, 5) is 24.7. The fourth-order valence-corrected chi connectivity index (χ4v) is 3.30. The molecule has 1 heterocycles. The summed E-state index contributed by atoms with van der Waals surface area (Å²) in [6.07, 6.45) is 1.51. The van der Waals surface area contributed by atoms with Crippen LogP contribution in [-0.2, 0) is 9.53 Å². The molecule has 0 unspecified atom stereocenters. The van der Waals surface area contributed by atoms with Gasteiger partial charge >= 0.3 is 5.97 Å². The summed E-state index contributed by atoms with van der Waals surface area (Å²) in [6, 6.07) is 16.8. The molecule has 0 aliphatic heterocycles. The zero-order valence-corrected chi connectivity index (χ0v) is 17.3. The highest BCUT2D eigenvalue weighted by Gasteiger charge is 2.18. The molecule has 3 aromatic rings. The number of phenols is 1. The van der Waals surface area contributed by atoms with Gasteiger partial charge in [-0.3, -0.25) is 4.79 Å². The minimum absolute atomic E-state index is 0.0745. The number of rotatable bonds is 5. The Labute approximate surface area is 179 Å². The molecule has 2 aromatic carbocycles. The van der Waals surface area contributed by atoms with E-state index in [1.54, 1.807) is 12.1 Å². The molecule has 7 nitrogen and oxygen atoms in total. The van der Waals surface area contributed by atoms with Gasteiger partial charge in [0, 0.05) is 17.1 Å². The minimum Gasteiger partial charge on any atom is -0.508 e. The second kappa shape index (κ2) is 9.01. The van der Waals surface area contributed by atoms with Crippen molar-refractivity contribution >= 4 is 23.6 Å². The second-order valence-electron chi connectivity index (χ2n) is 6.84. The van der Waals surface area contributed by atoms with Gasteiger partial charge in [0.05, 0.1) is 18.4 Å². The first kappa shape index (κ1) is 21.4. The van der Waals surface area contributed by atoms with Crippen LogP contribution in [-0.4, -0.2) is 28.7 Å². The van der Waals surface area contributed by atoms with Crippen LogP contribution >= 0.6 is 0 Å². The van der Waals surface area contributed by atoms with E-state index in [-0.39, 0.29) is 11.3 Å². The minimum atomic E-state index is -0.562. The Morgan fingerprint density at radius 2 is 1.81 bits per heavy atom. The highest BCUT2D eigenvalue weighted by molar-refractivity contribution is 6.09. The van der Waals surface area contributed by atoms with Crippen LogP contribution < -0.4 is 5.32 Å². The van der Waals surface area contributed by atoms with Gasteiger partial charge in [-0.1, -0.05) is 12.1 Å². The van der Waals surface area contributed by atoms with Crippen molar-refractivity contribution in [2.45, 2.75) is 13.8 Å². The summed E-state index contributed by atoms with van der Waals surface area (Å²) in [5.41, 5.74) is 3.71. The van der Waals surface area contributed by atoms with Crippen LogP contribution in [0.2, 0.25) is 0 Å². The normalized spacial score (nSPS) is 11.0. The molecule has 0 saturated heterocycles. The first-order valence-electron chi connectivity index (χ1n) is 9.44. The van der Waals surface area contributed by atoms with Crippen LogP contribution in [0.1, 0.15) is 27.3 Å². The maximum atomic E-state index is 12.6. The third kappa shape index (κ3) is 4.49. The summed E-state index contributed by atoms with van der Waals surface area (Å²) in [5, 5.41) is 21.5. The van der Waals surface area contributed by atoms with Crippen molar-refractivity contribution in [3.05, 3.63) is 82.7 Å². The molecule has 31 heavy (non-hydrogen) atoms. The predicted octanol–water partition coefficient (Wildman–Crippen LogP) is 4.13. The van der Waals surface area contributed by atoms with Crippen LogP contribution in [0.5, 0.6) is 5.75 Å². The van der Waals surface area contributed by atoms with E-state index >= 15 is 0 Å². The van der Waals surface area contributed by atoms with Gasteiger partial charge in [-0.15, -0.1) is 0 Å². The van der Waals surface area contributed by atoms with Crippen molar-refractivity contribution in [3.63, 3.8) is 0 Å². The average molecular weight is 415 g/mol. The smallest absolute Gasteiger partial charge is 0.339 e. The summed E-state index contributed by atoms with van der Waals surface area (Å²) >= 11 is 0. The molecule has 0 spiro atoms. The Kier molecular flexibility index (Phi) is 6.22. The maximum absolute atomic E-state index is 12.6. The molecule has 1 aromatic heterocycles. The zero-order chi connectivity index (χ0) is 22.5. The summed E-state index contributed by atoms with van der Waals surface area (Å²) in [7, 11) is 1.33. The topological polar surface area (TPSA) is 104 Å². The standard InChI is InChI=1S/C24H21N3O4/c1-15-12-17(13-18(14-25)23(29)26-19-8-10-20(28)11-9-19)16(2)27(15)22-7-5-4-6-21(22)24(30)31-3/h4-13,28H,1-3H3,(H,26,29)/b18-13+. The van der Waals surface area contributed by atoms with Crippen LogP contribution in [0.25, 0.3) is 11.8 Å². The number of methoxy groups -OCH3 is 1. The SMILES string of the molecule is COC(=O)c1ccccc1-n1c(C)cc(/C=C(\C#N)C(=O)Nc2ccc(O)cc2)c1C. The lowest BCUT2D eigenvalue weighted by atomic mass is 10.1. The molecule has 3 rings (SSSR count). The van der Waals surface area contributed by atoms with E-state index in [2.05, 4.69) is 5.32 Å². The number of aromatic nitrogens is 1. The van der Waals surface area contributed by atoms with Crippen LogP contribution in [0, 0.1) is 25.2 Å². The van der Waals surface area contributed by atoms with E-state index in [4.69, 9.17) is 4.74 Å². The Hall–Kier alpha value is -4.31. The quantitative estimate of drug-likeness (QED) is 0.282. The molecule has 0 saturated carbocycles. The lowest BCUT2D eigenvalue weighted by molar-refractivity contribution is -0.112. The van der Waals surface area contributed by atoms with E-state index in [1.807, 2.05) is 42.7 Å². The number of carbonyl (C=O) groups is 2. The number of nitrogens with zero attached hydrogens (tertiary/aromatic N) is 2. The number of para-hydroxylation sites is 1. The van der Waals surface area contributed by atoms with Gasteiger partial charge in [0.1, 0.15) is 17.4 Å². The van der Waals surface area contributed by atoms with Crippen LogP contribution in [0.4, 0.5) is 5.69 Å². The average Bonchev–Trinajstić information content (AvgIpc) is 3.05. The van der Waals surface area contributed by atoms with Crippen LogP contribution in [0.15, 0.2) is 60.2 Å². The Balaban J connectivity index is 1.98. The highest BCUT2D eigenvalue weighted by Crippen LogP contribution is 2.26. The number of ether oxygens (including phenoxy) is 1. The number of aromatic hydroxyl groups is 1. The summed E-state index contributed by atoms with van der Waals surface area (Å²) in [6.45, 7) is 3.72. The molecule has 0 atom stereocenters. The third-order valence-corrected chi connectivity index (χ3v) is 4.81. The Morgan fingerprint density at radius 1 is 1.13 bits per heavy atom. The molecule has 0 aliphatic carbocycles. The van der Waals surface area contributed by atoms with Crippen molar-refractivity contribution < 1.29 is 19.4 Å². The fraction of sp³-hybridized carbons (Fsp3) is 0.125. The summed E-state index contributed by atoms with van der Waals surface area (Å²) in [5.74, 6) is -0.937. The molecule has 0 fully saturated rings.